The smallest absolute Gasteiger partial charge is 0.258 e. The van der Waals surface area contributed by atoms with Crippen LogP contribution >= 0.6 is 0 Å². The highest BCUT2D eigenvalue weighted by Gasteiger charge is 2.41. The predicted molar refractivity (Wildman–Crippen MR) is 99.3 cm³/mol. The number of halogens is 1. The van der Waals surface area contributed by atoms with Gasteiger partial charge in [0.25, 0.3) is 5.91 Å². The zero-order valence-corrected chi connectivity index (χ0v) is 15.5. The molecule has 0 aliphatic carbocycles. The van der Waals surface area contributed by atoms with E-state index in [0.717, 1.165) is 24.3 Å². The van der Waals surface area contributed by atoms with Crippen molar-refractivity contribution >= 4 is 5.91 Å². The molecule has 1 aliphatic heterocycles. The molecule has 5 nitrogen and oxygen atoms in total. The molecule has 0 bridgehead atoms. The second-order valence-electron chi connectivity index (χ2n) is 7.01. The van der Waals surface area contributed by atoms with Gasteiger partial charge in [-0.25, -0.2) is 4.39 Å². The SMILES string of the molecule is CCn1cc(CN2CCC(F)(C(=O)NCc3ccccc3)CC2)c(C)n1. The number of aryl methyl sites for hydroxylation is 2. The van der Waals surface area contributed by atoms with Crippen molar-refractivity contribution in [1.82, 2.24) is 20.0 Å². The van der Waals surface area contributed by atoms with Gasteiger partial charge in [0, 0.05) is 57.3 Å². The van der Waals surface area contributed by atoms with Crippen molar-refractivity contribution in [1.29, 1.82) is 0 Å². The van der Waals surface area contributed by atoms with Gasteiger partial charge >= 0.3 is 0 Å². The maximum Gasteiger partial charge on any atom is 0.258 e. The summed E-state index contributed by atoms with van der Waals surface area (Å²) in [5.41, 5.74) is 1.40. The number of carbonyl (C=O) groups excluding carboxylic acids is 1. The number of carbonyl (C=O) groups is 1. The summed E-state index contributed by atoms with van der Waals surface area (Å²) >= 11 is 0. The van der Waals surface area contributed by atoms with Crippen LogP contribution < -0.4 is 5.32 Å². The number of amides is 1. The van der Waals surface area contributed by atoms with E-state index in [0.29, 0.717) is 19.6 Å². The van der Waals surface area contributed by atoms with Crippen molar-refractivity contribution in [2.24, 2.45) is 0 Å². The van der Waals surface area contributed by atoms with Crippen molar-refractivity contribution in [3.63, 3.8) is 0 Å². The molecule has 1 amide bonds. The molecule has 26 heavy (non-hydrogen) atoms. The van der Waals surface area contributed by atoms with Crippen LogP contribution in [0, 0.1) is 6.92 Å². The molecule has 6 heteroatoms. The first-order chi connectivity index (χ1) is 12.5. The fraction of sp³-hybridized carbons (Fsp3) is 0.500. The van der Waals surface area contributed by atoms with Crippen LogP contribution in [0.25, 0.3) is 0 Å². The molecule has 0 atom stereocenters. The largest absolute Gasteiger partial charge is 0.349 e. The topological polar surface area (TPSA) is 50.2 Å². The van der Waals surface area contributed by atoms with Gasteiger partial charge in [-0.2, -0.15) is 5.10 Å². The first kappa shape index (κ1) is 18.6. The summed E-state index contributed by atoms with van der Waals surface area (Å²) in [7, 11) is 0. The number of likely N-dealkylation sites (tertiary alicyclic amines) is 1. The molecule has 2 heterocycles. The van der Waals surface area contributed by atoms with Crippen LogP contribution in [0.2, 0.25) is 0 Å². The zero-order chi connectivity index (χ0) is 18.6. The number of alkyl halides is 1. The molecule has 1 fully saturated rings. The lowest BCUT2D eigenvalue weighted by Gasteiger charge is -2.35. The van der Waals surface area contributed by atoms with Gasteiger partial charge in [0.1, 0.15) is 0 Å². The lowest BCUT2D eigenvalue weighted by molar-refractivity contribution is -0.136. The molecule has 0 spiro atoms. The van der Waals surface area contributed by atoms with Gasteiger partial charge < -0.3 is 5.32 Å². The quantitative estimate of drug-likeness (QED) is 0.864. The normalized spacial score (nSPS) is 17.2. The molecule has 1 aliphatic rings. The van der Waals surface area contributed by atoms with E-state index in [1.807, 2.05) is 41.9 Å². The molecule has 3 rings (SSSR count). The second kappa shape index (κ2) is 7.99. The van der Waals surface area contributed by atoms with E-state index in [4.69, 9.17) is 0 Å². The average Bonchev–Trinajstić information content (AvgIpc) is 3.02. The Kier molecular flexibility index (Phi) is 5.71. The minimum Gasteiger partial charge on any atom is -0.349 e. The van der Waals surface area contributed by atoms with Crippen molar-refractivity contribution in [2.75, 3.05) is 13.1 Å². The van der Waals surface area contributed by atoms with Crippen LogP contribution in [0.4, 0.5) is 4.39 Å². The van der Waals surface area contributed by atoms with E-state index >= 15 is 4.39 Å². The van der Waals surface area contributed by atoms with Crippen molar-refractivity contribution in [3.05, 3.63) is 53.3 Å². The van der Waals surface area contributed by atoms with E-state index < -0.39 is 11.6 Å². The fourth-order valence-corrected chi connectivity index (χ4v) is 3.35. The van der Waals surface area contributed by atoms with E-state index in [1.165, 1.54) is 5.56 Å². The summed E-state index contributed by atoms with van der Waals surface area (Å²) < 4.78 is 17.0. The molecule has 0 unspecified atom stereocenters. The van der Waals surface area contributed by atoms with Crippen molar-refractivity contribution < 1.29 is 9.18 Å². The van der Waals surface area contributed by atoms with Crippen LogP contribution in [0.5, 0.6) is 0 Å². The second-order valence-corrected chi connectivity index (χ2v) is 7.01. The molecule has 140 valence electrons. The summed E-state index contributed by atoms with van der Waals surface area (Å²) in [6.45, 7) is 7.18. The van der Waals surface area contributed by atoms with Gasteiger partial charge in [0.15, 0.2) is 5.67 Å². The maximum absolute atomic E-state index is 15.1. The van der Waals surface area contributed by atoms with Gasteiger partial charge in [-0.3, -0.25) is 14.4 Å². The Morgan fingerprint density at radius 2 is 1.96 bits per heavy atom. The Labute approximate surface area is 154 Å². The summed E-state index contributed by atoms with van der Waals surface area (Å²) in [6, 6.07) is 9.59. The van der Waals surface area contributed by atoms with E-state index in [9.17, 15) is 4.79 Å². The number of nitrogens with zero attached hydrogens (tertiary/aromatic N) is 3. The van der Waals surface area contributed by atoms with Gasteiger partial charge in [-0.15, -0.1) is 0 Å². The number of benzene rings is 1. The third-order valence-electron chi connectivity index (χ3n) is 5.12. The Morgan fingerprint density at radius 3 is 2.58 bits per heavy atom. The third kappa shape index (κ3) is 4.30. The number of aromatic nitrogens is 2. The van der Waals surface area contributed by atoms with Crippen LogP contribution in [-0.2, 0) is 24.4 Å². The number of nitrogens with one attached hydrogen (secondary N) is 1. The highest BCUT2D eigenvalue weighted by atomic mass is 19.1. The van der Waals surface area contributed by atoms with Crippen LogP contribution in [-0.4, -0.2) is 39.3 Å². The van der Waals surface area contributed by atoms with Crippen LogP contribution in [0.3, 0.4) is 0 Å². The number of rotatable bonds is 6. The van der Waals surface area contributed by atoms with Crippen LogP contribution in [0.15, 0.2) is 36.5 Å². The van der Waals surface area contributed by atoms with E-state index in [2.05, 4.69) is 28.4 Å². The van der Waals surface area contributed by atoms with Gasteiger partial charge in [-0.05, 0) is 19.4 Å². The first-order valence-corrected chi connectivity index (χ1v) is 9.26. The zero-order valence-electron chi connectivity index (χ0n) is 15.5. The maximum atomic E-state index is 15.1. The van der Waals surface area contributed by atoms with Gasteiger partial charge in [0.2, 0.25) is 0 Å². The standard InChI is InChI=1S/C20H27FN4O/c1-3-25-15-18(16(2)23-25)14-24-11-9-20(21,10-12-24)19(26)22-13-17-7-5-4-6-8-17/h4-8,15H,3,9-14H2,1-2H3,(H,22,26). The minimum absolute atomic E-state index is 0.231. The molecule has 1 N–H and O–H groups in total. The Hall–Kier alpha value is -2.21. The Morgan fingerprint density at radius 1 is 1.27 bits per heavy atom. The molecular weight excluding hydrogens is 331 g/mol. The molecule has 1 aromatic heterocycles. The first-order valence-electron chi connectivity index (χ1n) is 9.26. The van der Waals surface area contributed by atoms with Crippen molar-refractivity contribution in [2.45, 2.75) is 52.0 Å². The molecule has 0 radical (unpaired) electrons. The van der Waals surface area contributed by atoms with Gasteiger partial charge in [-0.1, -0.05) is 30.3 Å². The summed E-state index contributed by atoms with van der Waals surface area (Å²) in [5.74, 6) is -0.490. The Bertz CT molecular complexity index is 736. The van der Waals surface area contributed by atoms with E-state index in [1.54, 1.807) is 0 Å². The Balaban J connectivity index is 1.51. The molecule has 2 aromatic rings. The number of hydrogen-bond acceptors (Lipinski definition) is 3. The molecular formula is C20H27FN4O. The molecule has 1 saturated heterocycles. The fourth-order valence-electron chi connectivity index (χ4n) is 3.35. The predicted octanol–water partition coefficient (Wildman–Crippen LogP) is 2.83. The lowest BCUT2D eigenvalue weighted by atomic mass is 9.92. The molecule has 0 saturated carbocycles. The summed E-state index contributed by atoms with van der Waals surface area (Å²) in [6.07, 6.45) is 2.52. The van der Waals surface area contributed by atoms with E-state index in [-0.39, 0.29) is 12.8 Å². The summed E-state index contributed by atoms with van der Waals surface area (Å²) in [4.78, 5) is 14.5. The monoisotopic (exact) mass is 358 g/mol. The average molecular weight is 358 g/mol. The number of hydrogen-bond donors (Lipinski definition) is 1. The highest BCUT2D eigenvalue weighted by molar-refractivity contribution is 5.85. The third-order valence-corrected chi connectivity index (χ3v) is 5.12. The summed E-state index contributed by atoms with van der Waals surface area (Å²) in [5, 5.41) is 7.20. The van der Waals surface area contributed by atoms with Crippen LogP contribution in [0.1, 0.15) is 36.6 Å². The minimum atomic E-state index is -1.77. The van der Waals surface area contributed by atoms with Crippen molar-refractivity contribution in [3.8, 4) is 0 Å². The number of piperidine rings is 1. The van der Waals surface area contributed by atoms with Gasteiger partial charge in [0.05, 0.1) is 5.69 Å². The highest BCUT2D eigenvalue weighted by Crippen LogP contribution is 2.28. The molecule has 1 aromatic carbocycles. The lowest BCUT2D eigenvalue weighted by Crippen LogP contribution is -2.50.